The number of thiazole rings is 1. The van der Waals surface area contributed by atoms with E-state index in [9.17, 15) is 4.79 Å². The third kappa shape index (κ3) is 3.10. The van der Waals surface area contributed by atoms with Crippen molar-refractivity contribution in [3.05, 3.63) is 45.4 Å². The van der Waals surface area contributed by atoms with Crippen LogP contribution in [0.4, 0.5) is 5.69 Å². The van der Waals surface area contributed by atoms with Crippen LogP contribution in [0.25, 0.3) is 0 Å². The van der Waals surface area contributed by atoms with E-state index in [0.717, 1.165) is 21.8 Å². The van der Waals surface area contributed by atoms with Gasteiger partial charge < -0.3 is 10.7 Å². The van der Waals surface area contributed by atoms with Gasteiger partial charge in [-0.25, -0.2) is 4.98 Å². The van der Waals surface area contributed by atoms with E-state index in [4.69, 9.17) is 5.84 Å². The van der Waals surface area contributed by atoms with Crippen LogP contribution in [0.2, 0.25) is 0 Å². The van der Waals surface area contributed by atoms with Crippen molar-refractivity contribution in [2.75, 3.05) is 5.43 Å². The van der Waals surface area contributed by atoms with Crippen molar-refractivity contribution >= 4 is 22.9 Å². The second kappa shape index (κ2) is 5.81. The number of nitrogen functional groups attached to an aromatic ring is 1. The highest BCUT2D eigenvalue weighted by atomic mass is 32.1. The molecule has 0 atom stereocenters. The minimum Gasteiger partial charge on any atom is -0.347 e. The van der Waals surface area contributed by atoms with Gasteiger partial charge in [-0.2, -0.15) is 0 Å². The largest absolute Gasteiger partial charge is 0.347 e. The molecule has 6 heteroatoms. The average molecular weight is 276 g/mol. The molecular formula is C13H16N4OS. The van der Waals surface area contributed by atoms with Crippen molar-refractivity contribution in [3.8, 4) is 0 Å². The molecule has 0 aliphatic rings. The summed E-state index contributed by atoms with van der Waals surface area (Å²) in [5, 5.41) is 2.89. The lowest BCUT2D eigenvalue weighted by Crippen LogP contribution is -2.23. The lowest BCUT2D eigenvalue weighted by Gasteiger charge is -2.08. The quantitative estimate of drug-likeness (QED) is 0.589. The Morgan fingerprint density at radius 1 is 1.42 bits per heavy atom. The van der Waals surface area contributed by atoms with E-state index >= 15 is 0 Å². The first-order valence-electron chi connectivity index (χ1n) is 5.86. The van der Waals surface area contributed by atoms with E-state index in [1.54, 1.807) is 29.0 Å². The van der Waals surface area contributed by atoms with E-state index in [-0.39, 0.29) is 5.91 Å². The lowest BCUT2D eigenvalue weighted by molar-refractivity contribution is 0.0951. The number of hydrogen-bond donors (Lipinski definition) is 3. The third-order valence-corrected chi connectivity index (χ3v) is 3.83. The van der Waals surface area contributed by atoms with Gasteiger partial charge in [0.15, 0.2) is 0 Å². The fourth-order valence-electron chi connectivity index (χ4n) is 1.73. The van der Waals surface area contributed by atoms with Crippen LogP contribution in [-0.2, 0) is 6.54 Å². The van der Waals surface area contributed by atoms with Gasteiger partial charge in [-0.3, -0.25) is 10.6 Å². The van der Waals surface area contributed by atoms with Crippen molar-refractivity contribution in [3.63, 3.8) is 0 Å². The van der Waals surface area contributed by atoms with Gasteiger partial charge in [-0.1, -0.05) is 0 Å². The Morgan fingerprint density at radius 3 is 2.79 bits per heavy atom. The normalized spacial score (nSPS) is 10.3. The van der Waals surface area contributed by atoms with Crippen molar-refractivity contribution in [1.29, 1.82) is 0 Å². The van der Waals surface area contributed by atoms with Gasteiger partial charge in [-0.15, -0.1) is 11.3 Å². The van der Waals surface area contributed by atoms with Gasteiger partial charge in [0.25, 0.3) is 5.91 Å². The molecule has 0 saturated heterocycles. The molecule has 0 radical (unpaired) electrons. The molecule has 0 bridgehead atoms. The highest BCUT2D eigenvalue weighted by Gasteiger charge is 2.08. The average Bonchev–Trinajstić information content (AvgIpc) is 2.81. The molecule has 0 aliphatic carbocycles. The summed E-state index contributed by atoms with van der Waals surface area (Å²) in [4.78, 5) is 17.2. The molecule has 19 heavy (non-hydrogen) atoms. The number of amides is 1. The second-order valence-corrected chi connectivity index (χ2v) is 5.16. The maximum absolute atomic E-state index is 12.0. The number of rotatable bonds is 4. The summed E-state index contributed by atoms with van der Waals surface area (Å²) in [5.74, 6) is 5.26. The highest BCUT2D eigenvalue weighted by Crippen LogP contribution is 2.16. The lowest BCUT2D eigenvalue weighted by atomic mass is 10.1. The first-order valence-corrected chi connectivity index (χ1v) is 6.74. The number of aromatic nitrogens is 1. The number of nitrogens with one attached hydrogen (secondary N) is 2. The van der Waals surface area contributed by atoms with Crippen molar-refractivity contribution in [2.45, 2.75) is 20.4 Å². The molecule has 0 unspecified atom stereocenters. The van der Waals surface area contributed by atoms with E-state index in [0.29, 0.717) is 12.1 Å². The number of nitrogens with two attached hydrogens (primary N) is 1. The summed E-state index contributed by atoms with van der Waals surface area (Å²) >= 11 is 1.54. The van der Waals surface area contributed by atoms with Crippen LogP contribution in [0.3, 0.4) is 0 Å². The first-order chi connectivity index (χ1) is 9.11. The number of carbonyl (C=O) groups excluding carboxylic acids is 1. The van der Waals surface area contributed by atoms with Crippen LogP contribution in [0.15, 0.2) is 23.7 Å². The zero-order valence-electron chi connectivity index (χ0n) is 10.9. The number of carbonyl (C=O) groups is 1. The minimum atomic E-state index is -0.0977. The van der Waals surface area contributed by atoms with Crippen molar-refractivity contribution in [2.24, 2.45) is 5.84 Å². The molecule has 4 N–H and O–H groups in total. The summed E-state index contributed by atoms with van der Waals surface area (Å²) in [6.45, 7) is 4.34. The maximum Gasteiger partial charge on any atom is 0.251 e. The molecule has 1 aromatic carbocycles. The van der Waals surface area contributed by atoms with E-state index in [1.165, 1.54) is 0 Å². The smallest absolute Gasteiger partial charge is 0.251 e. The second-order valence-electron chi connectivity index (χ2n) is 4.22. The molecule has 0 aliphatic heterocycles. The molecule has 2 rings (SSSR count). The molecule has 1 amide bonds. The number of aryl methyl sites for hydroxylation is 2. The molecule has 100 valence electrons. The highest BCUT2D eigenvalue weighted by molar-refractivity contribution is 7.09. The molecule has 0 fully saturated rings. The van der Waals surface area contributed by atoms with E-state index < -0.39 is 0 Å². The number of nitrogens with zero attached hydrogens (tertiary/aromatic N) is 1. The van der Waals surface area contributed by atoms with Gasteiger partial charge in [0.05, 0.1) is 23.4 Å². The van der Waals surface area contributed by atoms with Gasteiger partial charge in [-0.05, 0) is 37.6 Å². The predicted molar refractivity (Wildman–Crippen MR) is 77.0 cm³/mol. The van der Waals surface area contributed by atoms with Gasteiger partial charge in [0, 0.05) is 10.4 Å². The number of hydrogen-bond acceptors (Lipinski definition) is 5. The monoisotopic (exact) mass is 276 g/mol. The molecule has 5 nitrogen and oxygen atoms in total. The first kappa shape index (κ1) is 13.5. The van der Waals surface area contributed by atoms with Gasteiger partial charge in [0.1, 0.15) is 0 Å². The zero-order valence-corrected chi connectivity index (χ0v) is 11.7. The summed E-state index contributed by atoms with van der Waals surface area (Å²) in [6, 6.07) is 5.35. The Bertz CT molecular complexity index is 594. The fourth-order valence-corrected chi connectivity index (χ4v) is 2.44. The van der Waals surface area contributed by atoms with E-state index in [2.05, 4.69) is 15.7 Å². The number of anilines is 1. The maximum atomic E-state index is 12.0. The predicted octanol–water partition coefficient (Wildman–Crippen LogP) is 1.98. The van der Waals surface area contributed by atoms with Crippen molar-refractivity contribution in [1.82, 2.24) is 10.3 Å². The molecule has 1 heterocycles. The summed E-state index contributed by atoms with van der Waals surface area (Å²) in [5.41, 5.74) is 7.70. The van der Waals surface area contributed by atoms with Crippen LogP contribution in [0.1, 0.15) is 26.5 Å². The van der Waals surface area contributed by atoms with Gasteiger partial charge >= 0.3 is 0 Å². The standard InChI is InChI=1S/C13H16N4OS/c1-8-5-10(3-4-11(8)17-14)13(18)15-6-12-9(2)16-7-19-12/h3-5,7,17H,6,14H2,1-2H3,(H,15,18). The van der Waals surface area contributed by atoms with Gasteiger partial charge in [0.2, 0.25) is 0 Å². The Hall–Kier alpha value is -1.92. The SMILES string of the molecule is Cc1cc(C(=O)NCc2scnc2C)ccc1NN. The summed E-state index contributed by atoms with van der Waals surface area (Å²) in [7, 11) is 0. The zero-order chi connectivity index (χ0) is 13.8. The van der Waals surface area contributed by atoms with E-state index in [1.807, 2.05) is 19.9 Å². The third-order valence-electron chi connectivity index (χ3n) is 2.90. The summed E-state index contributed by atoms with van der Waals surface area (Å²) < 4.78 is 0. The van der Waals surface area contributed by atoms with Crippen molar-refractivity contribution < 1.29 is 4.79 Å². The fraction of sp³-hybridized carbons (Fsp3) is 0.231. The Labute approximate surface area is 115 Å². The number of benzene rings is 1. The Balaban J connectivity index is 2.04. The topological polar surface area (TPSA) is 80.0 Å². The van der Waals surface area contributed by atoms with Crippen LogP contribution in [-0.4, -0.2) is 10.9 Å². The van der Waals surface area contributed by atoms with Crippen LogP contribution < -0.4 is 16.6 Å². The van der Waals surface area contributed by atoms with Crippen LogP contribution >= 0.6 is 11.3 Å². The number of hydrazine groups is 1. The summed E-state index contributed by atoms with van der Waals surface area (Å²) in [6.07, 6.45) is 0. The Kier molecular flexibility index (Phi) is 4.13. The van der Waals surface area contributed by atoms with Crippen LogP contribution in [0.5, 0.6) is 0 Å². The Morgan fingerprint density at radius 2 is 2.21 bits per heavy atom. The molecule has 0 saturated carbocycles. The minimum absolute atomic E-state index is 0.0977. The molecule has 2 aromatic rings. The molecule has 1 aromatic heterocycles. The molecule has 0 spiro atoms. The van der Waals surface area contributed by atoms with Crippen LogP contribution in [0, 0.1) is 13.8 Å². The molecular weight excluding hydrogens is 260 g/mol.